The molecule has 1 amide bonds. The number of aromatic nitrogens is 1. The third kappa shape index (κ3) is 2.39. The van der Waals surface area contributed by atoms with Gasteiger partial charge in [0, 0.05) is 31.1 Å². The van der Waals surface area contributed by atoms with Crippen LogP contribution >= 0.6 is 24.0 Å². The molecule has 0 radical (unpaired) electrons. The van der Waals surface area contributed by atoms with E-state index in [1.807, 2.05) is 24.3 Å². The van der Waals surface area contributed by atoms with Gasteiger partial charge in [-0.3, -0.25) is 14.7 Å². The van der Waals surface area contributed by atoms with Gasteiger partial charge in [-0.2, -0.15) is 0 Å². The second kappa shape index (κ2) is 5.22. The largest absolute Gasteiger partial charge is 0.457 e. The van der Waals surface area contributed by atoms with E-state index in [0.717, 1.165) is 11.3 Å². The maximum Gasteiger partial charge on any atom is 0.266 e. The fourth-order valence-corrected chi connectivity index (χ4v) is 2.93. The molecule has 2 aromatic rings. The Hall–Kier alpha value is -1.92. The third-order valence-corrected chi connectivity index (χ3v) is 4.32. The Bertz CT molecular complexity index is 707. The summed E-state index contributed by atoms with van der Waals surface area (Å²) in [7, 11) is 1.67. The van der Waals surface area contributed by atoms with E-state index in [1.165, 1.54) is 16.7 Å². The van der Waals surface area contributed by atoms with E-state index in [4.69, 9.17) is 16.6 Å². The molecule has 100 valence electrons. The third-order valence-electron chi connectivity index (χ3n) is 2.83. The number of thiocarbonyl (C=S) groups is 1. The van der Waals surface area contributed by atoms with E-state index in [1.54, 1.807) is 25.5 Å². The number of carbonyl (C=O) groups is 1. The molecule has 6 heteroatoms. The molecule has 4 nitrogen and oxygen atoms in total. The Balaban J connectivity index is 1.89. The lowest BCUT2D eigenvalue weighted by molar-refractivity contribution is -0.121. The molecular formula is C14H10N2O2S2. The van der Waals surface area contributed by atoms with Crippen molar-refractivity contribution in [1.29, 1.82) is 0 Å². The standard InChI is InChI=1S/C14H10N2O2S2/c1-16-13(17)12(20-14(16)19)7-10-4-5-11(18-10)9-3-2-6-15-8-9/h2-8H,1H3. The minimum Gasteiger partial charge on any atom is -0.457 e. The lowest BCUT2D eigenvalue weighted by Crippen LogP contribution is -2.22. The molecule has 1 fully saturated rings. The minimum atomic E-state index is -0.0978. The smallest absolute Gasteiger partial charge is 0.266 e. The molecule has 0 atom stereocenters. The molecule has 0 bridgehead atoms. The Labute approximate surface area is 125 Å². The first kappa shape index (κ1) is 13.1. The SMILES string of the molecule is CN1C(=O)C(=Cc2ccc(-c3cccnc3)o2)SC1=S. The molecule has 1 saturated heterocycles. The summed E-state index contributed by atoms with van der Waals surface area (Å²) in [6.45, 7) is 0. The predicted octanol–water partition coefficient (Wildman–Crippen LogP) is 3.17. The summed E-state index contributed by atoms with van der Waals surface area (Å²) in [5.74, 6) is 1.24. The number of pyridine rings is 1. The van der Waals surface area contributed by atoms with Crippen molar-refractivity contribution < 1.29 is 9.21 Å². The second-order valence-electron chi connectivity index (χ2n) is 4.18. The maximum atomic E-state index is 11.9. The van der Waals surface area contributed by atoms with Gasteiger partial charge in [0.2, 0.25) is 0 Å². The van der Waals surface area contributed by atoms with Gasteiger partial charge in [-0.15, -0.1) is 0 Å². The summed E-state index contributed by atoms with van der Waals surface area (Å²) in [5, 5.41) is 0. The average Bonchev–Trinajstić information content (AvgIpc) is 3.02. The van der Waals surface area contributed by atoms with Gasteiger partial charge in [0.1, 0.15) is 15.8 Å². The van der Waals surface area contributed by atoms with Crippen LogP contribution in [0.3, 0.4) is 0 Å². The lowest BCUT2D eigenvalue weighted by Gasteiger charge is -2.03. The summed E-state index contributed by atoms with van der Waals surface area (Å²) in [5.41, 5.74) is 0.898. The molecule has 20 heavy (non-hydrogen) atoms. The van der Waals surface area contributed by atoms with Crippen LogP contribution in [0.2, 0.25) is 0 Å². The van der Waals surface area contributed by atoms with Crippen molar-refractivity contribution in [3.05, 3.63) is 47.3 Å². The van der Waals surface area contributed by atoms with Crippen molar-refractivity contribution in [2.24, 2.45) is 0 Å². The second-order valence-corrected chi connectivity index (χ2v) is 5.86. The quantitative estimate of drug-likeness (QED) is 0.630. The molecule has 0 aromatic carbocycles. The van der Waals surface area contributed by atoms with Gasteiger partial charge in [0.05, 0.1) is 4.91 Å². The van der Waals surface area contributed by atoms with Crippen molar-refractivity contribution >= 4 is 40.3 Å². The Morgan fingerprint density at radius 3 is 2.90 bits per heavy atom. The fraction of sp³-hybridized carbons (Fsp3) is 0.0714. The highest BCUT2D eigenvalue weighted by Gasteiger charge is 2.28. The van der Waals surface area contributed by atoms with Gasteiger partial charge in [-0.25, -0.2) is 0 Å². The zero-order valence-electron chi connectivity index (χ0n) is 10.6. The number of thioether (sulfide) groups is 1. The lowest BCUT2D eigenvalue weighted by atomic mass is 10.2. The molecule has 0 saturated carbocycles. The molecule has 1 aliphatic heterocycles. The van der Waals surface area contributed by atoms with E-state index in [-0.39, 0.29) is 5.91 Å². The first-order chi connectivity index (χ1) is 9.65. The van der Waals surface area contributed by atoms with E-state index < -0.39 is 0 Å². The first-order valence-corrected chi connectivity index (χ1v) is 7.09. The minimum absolute atomic E-state index is 0.0978. The summed E-state index contributed by atoms with van der Waals surface area (Å²) in [6, 6.07) is 7.45. The van der Waals surface area contributed by atoms with Crippen LogP contribution in [0.4, 0.5) is 0 Å². The Kier molecular flexibility index (Phi) is 3.42. The van der Waals surface area contributed by atoms with Gasteiger partial charge < -0.3 is 4.42 Å². The predicted molar refractivity (Wildman–Crippen MR) is 82.9 cm³/mol. The zero-order chi connectivity index (χ0) is 14.1. The highest BCUT2D eigenvalue weighted by Crippen LogP contribution is 2.32. The monoisotopic (exact) mass is 302 g/mol. The average molecular weight is 302 g/mol. The first-order valence-electron chi connectivity index (χ1n) is 5.87. The van der Waals surface area contributed by atoms with Gasteiger partial charge in [0.25, 0.3) is 5.91 Å². The van der Waals surface area contributed by atoms with E-state index in [2.05, 4.69) is 4.98 Å². The normalized spacial score (nSPS) is 17.2. The number of hydrogen-bond acceptors (Lipinski definition) is 5. The molecule has 0 unspecified atom stereocenters. The van der Waals surface area contributed by atoms with Crippen molar-refractivity contribution in [2.45, 2.75) is 0 Å². The maximum absolute atomic E-state index is 11.9. The Morgan fingerprint density at radius 1 is 1.40 bits per heavy atom. The van der Waals surface area contributed by atoms with Crippen LogP contribution < -0.4 is 0 Å². The summed E-state index contributed by atoms with van der Waals surface area (Å²) in [4.78, 5) is 18.0. The van der Waals surface area contributed by atoms with E-state index in [0.29, 0.717) is 15.0 Å². The topological polar surface area (TPSA) is 46.3 Å². The van der Waals surface area contributed by atoms with E-state index >= 15 is 0 Å². The number of hydrogen-bond donors (Lipinski definition) is 0. The molecule has 3 heterocycles. The van der Waals surface area contributed by atoms with Crippen LogP contribution in [-0.2, 0) is 4.79 Å². The van der Waals surface area contributed by atoms with Crippen molar-refractivity contribution in [1.82, 2.24) is 9.88 Å². The van der Waals surface area contributed by atoms with Gasteiger partial charge in [-0.05, 0) is 24.3 Å². The Morgan fingerprint density at radius 2 is 2.25 bits per heavy atom. The van der Waals surface area contributed by atoms with Crippen molar-refractivity contribution in [3.8, 4) is 11.3 Å². The summed E-state index contributed by atoms with van der Waals surface area (Å²) < 4.78 is 6.26. The summed E-state index contributed by atoms with van der Waals surface area (Å²) in [6.07, 6.45) is 5.15. The number of amides is 1. The number of rotatable bonds is 2. The number of carbonyl (C=O) groups excluding carboxylic acids is 1. The highest BCUT2D eigenvalue weighted by atomic mass is 32.2. The van der Waals surface area contributed by atoms with Crippen molar-refractivity contribution in [2.75, 3.05) is 7.05 Å². The molecule has 2 aromatic heterocycles. The van der Waals surface area contributed by atoms with Crippen LogP contribution in [0.15, 0.2) is 46.0 Å². The highest BCUT2D eigenvalue weighted by molar-refractivity contribution is 8.26. The van der Waals surface area contributed by atoms with Gasteiger partial charge >= 0.3 is 0 Å². The number of furan rings is 1. The molecular weight excluding hydrogens is 292 g/mol. The van der Waals surface area contributed by atoms with Crippen LogP contribution in [0, 0.1) is 0 Å². The summed E-state index contributed by atoms with van der Waals surface area (Å²) >= 11 is 6.36. The molecule has 3 rings (SSSR count). The van der Waals surface area contributed by atoms with Crippen molar-refractivity contribution in [3.63, 3.8) is 0 Å². The van der Waals surface area contributed by atoms with Gasteiger partial charge in [0.15, 0.2) is 0 Å². The zero-order valence-corrected chi connectivity index (χ0v) is 12.2. The van der Waals surface area contributed by atoms with Crippen LogP contribution in [0.5, 0.6) is 0 Å². The number of nitrogens with zero attached hydrogens (tertiary/aromatic N) is 2. The molecule has 0 spiro atoms. The molecule has 1 aliphatic rings. The number of likely N-dealkylation sites (N-methyl/N-ethyl adjacent to an activating group) is 1. The van der Waals surface area contributed by atoms with Gasteiger partial charge in [-0.1, -0.05) is 24.0 Å². The van der Waals surface area contributed by atoms with Crippen LogP contribution in [0.1, 0.15) is 5.76 Å². The van der Waals surface area contributed by atoms with Crippen LogP contribution in [0.25, 0.3) is 17.4 Å². The molecule has 0 aliphatic carbocycles. The van der Waals surface area contributed by atoms with Crippen LogP contribution in [-0.4, -0.2) is 27.2 Å². The fourth-order valence-electron chi connectivity index (χ4n) is 1.77. The molecule has 0 N–H and O–H groups in total. The van der Waals surface area contributed by atoms with E-state index in [9.17, 15) is 4.79 Å².